The number of halogens is 1. The molecule has 0 aromatic heterocycles. The van der Waals surface area contributed by atoms with Gasteiger partial charge in [0, 0.05) is 17.6 Å². The van der Waals surface area contributed by atoms with Gasteiger partial charge in [0.1, 0.15) is 0 Å². The standard InChI is InChI=1S/C11H14BrNO4S/c12-10-7-9(8-14)1-2-11(10)18(15,16)13-3-5-17-6-4-13/h1-2,7,14H,3-6,8H2. The highest BCUT2D eigenvalue weighted by Crippen LogP contribution is 2.26. The lowest BCUT2D eigenvalue weighted by molar-refractivity contribution is 0.0730. The van der Waals surface area contributed by atoms with Crippen molar-refractivity contribution in [2.75, 3.05) is 26.3 Å². The monoisotopic (exact) mass is 335 g/mol. The first-order chi connectivity index (χ1) is 8.55. The number of hydrogen-bond acceptors (Lipinski definition) is 4. The first-order valence-electron chi connectivity index (χ1n) is 5.53. The average Bonchev–Trinajstić information content (AvgIpc) is 2.39. The van der Waals surface area contributed by atoms with E-state index in [2.05, 4.69) is 15.9 Å². The Kier molecular flexibility index (Phi) is 4.39. The molecule has 1 aliphatic heterocycles. The molecule has 100 valence electrons. The van der Waals surface area contributed by atoms with Crippen LogP contribution in [0.25, 0.3) is 0 Å². The second-order valence-electron chi connectivity index (χ2n) is 3.94. The van der Waals surface area contributed by atoms with Crippen molar-refractivity contribution in [3.05, 3.63) is 28.2 Å². The van der Waals surface area contributed by atoms with Crippen molar-refractivity contribution in [2.45, 2.75) is 11.5 Å². The van der Waals surface area contributed by atoms with Gasteiger partial charge < -0.3 is 9.84 Å². The van der Waals surface area contributed by atoms with E-state index < -0.39 is 10.0 Å². The Balaban J connectivity index is 2.34. The van der Waals surface area contributed by atoms with E-state index in [1.807, 2.05) is 0 Å². The second-order valence-corrected chi connectivity index (χ2v) is 6.70. The molecule has 2 rings (SSSR count). The van der Waals surface area contributed by atoms with Gasteiger partial charge >= 0.3 is 0 Å². The molecule has 1 aromatic carbocycles. The molecule has 1 saturated heterocycles. The van der Waals surface area contributed by atoms with E-state index >= 15 is 0 Å². The van der Waals surface area contributed by atoms with E-state index in [1.165, 1.54) is 10.4 Å². The van der Waals surface area contributed by atoms with Crippen LogP contribution in [-0.2, 0) is 21.4 Å². The van der Waals surface area contributed by atoms with Crippen LogP contribution in [0, 0.1) is 0 Å². The van der Waals surface area contributed by atoms with Crippen LogP contribution in [0.4, 0.5) is 0 Å². The smallest absolute Gasteiger partial charge is 0.244 e. The van der Waals surface area contributed by atoms with Gasteiger partial charge in [-0.1, -0.05) is 6.07 Å². The predicted octanol–water partition coefficient (Wildman–Crippen LogP) is 0.962. The van der Waals surface area contributed by atoms with Gasteiger partial charge in [0.25, 0.3) is 0 Å². The molecule has 1 fully saturated rings. The zero-order valence-corrected chi connectivity index (χ0v) is 12.1. The molecule has 0 bridgehead atoms. The minimum Gasteiger partial charge on any atom is -0.392 e. The summed E-state index contributed by atoms with van der Waals surface area (Å²) >= 11 is 3.24. The molecule has 0 atom stereocenters. The molecule has 1 N–H and O–H groups in total. The summed E-state index contributed by atoms with van der Waals surface area (Å²) in [4.78, 5) is 0.224. The van der Waals surface area contributed by atoms with Crippen molar-refractivity contribution >= 4 is 26.0 Å². The van der Waals surface area contributed by atoms with Gasteiger partial charge in [-0.25, -0.2) is 8.42 Å². The van der Waals surface area contributed by atoms with E-state index in [9.17, 15) is 8.42 Å². The quantitative estimate of drug-likeness (QED) is 0.893. The first-order valence-corrected chi connectivity index (χ1v) is 7.76. The molecule has 0 amide bonds. The first kappa shape index (κ1) is 14.0. The Morgan fingerprint density at radius 1 is 1.33 bits per heavy atom. The van der Waals surface area contributed by atoms with Gasteiger partial charge in [0.15, 0.2) is 0 Å². The van der Waals surface area contributed by atoms with Gasteiger partial charge in [-0.15, -0.1) is 0 Å². The van der Waals surface area contributed by atoms with Crippen molar-refractivity contribution in [3.63, 3.8) is 0 Å². The summed E-state index contributed by atoms with van der Waals surface area (Å²) in [5, 5.41) is 9.01. The Morgan fingerprint density at radius 3 is 2.56 bits per heavy atom. The highest BCUT2D eigenvalue weighted by molar-refractivity contribution is 9.10. The lowest BCUT2D eigenvalue weighted by Crippen LogP contribution is -2.40. The Hall–Kier alpha value is -0.470. The summed E-state index contributed by atoms with van der Waals surface area (Å²) < 4.78 is 31.8. The fraction of sp³-hybridized carbons (Fsp3) is 0.455. The predicted molar refractivity (Wildman–Crippen MR) is 69.6 cm³/mol. The maximum atomic E-state index is 12.4. The lowest BCUT2D eigenvalue weighted by atomic mass is 10.2. The van der Waals surface area contributed by atoms with Crippen LogP contribution in [-0.4, -0.2) is 44.1 Å². The van der Waals surface area contributed by atoms with Gasteiger partial charge in [-0.3, -0.25) is 0 Å². The summed E-state index contributed by atoms with van der Waals surface area (Å²) in [6.07, 6.45) is 0. The molecule has 1 heterocycles. The van der Waals surface area contributed by atoms with Crippen LogP contribution in [0.2, 0.25) is 0 Å². The molecular formula is C11H14BrNO4S. The van der Waals surface area contributed by atoms with Crippen molar-refractivity contribution in [1.82, 2.24) is 4.31 Å². The number of hydrogen-bond donors (Lipinski definition) is 1. The molecule has 0 unspecified atom stereocenters. The van der Waals surface area contributed by atoms with E-state index in [1.54, 1.807) is 12.1 Å². The second kappa shape index (κ2) is 5.66. The number of ether oxygens (including phenoxy) is 1. The van der Waals surface area contributed by atoms with E-state index in [0.717, 1.165) is 0 Å². The Bertz CT molecular complexity index is 526. The van der Waals surface area contributed by atoms with Crippen LogP contribution in [0.15, 0.2) is 27.6 Å². The summed E-state index contributed by atoms with van der Waals surface area (Å²) in [7, 11) is -3.49. The Morgan fingerprint density at radius 2 is 2.00 bits per heavy atom. The number of rotatable bonds is 3. The van der Waals surface area contributed by atoms with Crippen LogP contribution in [0.5, 0.6) is 0 Å². The number of aliphatic hydroxyl groups excluding tert-OH is 1. The number of benzene rings is 1. The van der Waals surface area contributed by atoms with Gasteiger partial charge in [0.2, 0.25) is 10.0 Å². The summed E-state index contributed by atoms with van der Waals surface area (Å²) in [6, 6.07) is 4.74. The molecule has 0 saturated carbocycles. The number of sulfonamides is 1. The fourth-order valence-electron chi connectivity index (χ4n) is 1.78. The van der Waals surface area contributed by atoms with Crippen LogP contribution in [0.3, 0.4) is 0 Å². The Labute approximate surface area is 115 Å². The zero-order chi connectivity index (χ0) is 13.2. The van der Waals surface area contributed by atoms with Crippen LogP contribution < -0.4 is 0 Å². The molecular weight excluding hydrogens is 322 g/mol. The third-order valence-electron chi connectivity index (χ3n) is 2.77. The third-order valence-corrected chi connectivity index (χ3v) is 5.64. The van der Waals surface area contributed by atoms with Crippen molar-refractivity contribution in [3.8, 4) is 0 Å². The topological polar surface area (TPSA) is 66.8 Å². The minimum atomic E-state index is -3.49. The molecule has 5 nitrogen and oxygen atoms in total. The highest BCUT2D eigenvalue weighted by Gasteiger charge is 2.27. The summed E-state index contributed by atoms with van der Waals surface area (Å²) in [5.74, 6) is 0. The molecule has 7 heteroatoms. The normalized spacial score (nSPS) is 17.9. The van der Waals surface area contributed by atoms with E-state index in [4.69, 9.17) is 9.84 Å². The lowest BCUT2D eigenvalue weighted by Gasteiger charge is -2.26. The van der Waals surface area contributed by atoms with Gasteiger partial charge in [0.05, 0.1) is 24.7 Å². The maximum absolute atomic E-state index is 12.4. The summed E-state index contributed by atoms with van der Waals surface area (Å²) in [5.41, 5.74) is 0.669. The third kappa shape index (κ3) is 2.75. The fourth-order valence-corrected chi connectivity index (χ4v) is 4.27. The molecule has 18 heavy (non-hydrogen) atoms. The molecule has 1 aliphatic rings. The molecule has 0 aliphatic carbocycles. The highest BCUT2D eigenvalue weighted by atomic mass is 79.9. The van der Waals surface area contributed by atoms with Crippen LogP contribution in [0.1, 0.15) is 5.56 Å². The molecule has 0 spiro atoms. The zero-order valence-electron chi connectivity index (χ0n) is 9.67. The van der Waals surface area contributed by atoms with Gasteiger partial charge in [-0.2, -0.15) is 4.31 Å². The molecule has 0 radical (unpaired) electrons. The molecule has 1 aromatic rings. The number of aliphatic hydroxyl groups is 1. The van der Waals surface area contributed by atoms with E-state index in [0.29, 0.717) is 36.3 Å². The summed E-state index contributed by atoms with van der Waals surface area (Å²) in [6.45, 7) is 1.47. The number of morpholine rings is 1. The van der Waals surface area contributed by atoms with Gasteiger partial charge in [-0.05, 0) is 33.6 Å². The maximum Gasteiger partial charge on any atom is 0.244 e. The van der Waals surface area contributed by atoms with Crippen molar-refractivity contribution < 1.29 is 18.3 Å². The van der Waals surface area contributed by atoms with Crippen molar-refractivity contribution in [1.29, 1.82) is 0 Å². The average molecular weight is 336 g/mol. The SMILES string of the molecule is O=S(=O)(c1ccc(CO)cc1Br)N1CCOCC1. The van der Waals surface area contributed by atoms with Crippen LogP contribution >= 0.6 is 15.9 Å². The van der Waals surface area contributed by atoms with E-state index in [-0.39, 0.29) is 11.5 Å². The van der Waals surface area contributed by atoms with Crippen molar-refractivity contribution in [2.24, 2.45) is 0 Å². The minimum absolute atomic E-state index is 0.115. The number of nitrogens with zero attached hydrogens (tertiary/aromatic N) is 1. The largest absolute Gasteiger partial charge is 0.392 e.